The average molecular weight is 498 g/mol. The van der Waals surface area contributed by atoms with Crippen LogP contribution in [-0.2, 0) is 17.8 Å². The number of hydrogen-bond acceptors (Lipinski definition) is 6. The normalized spacial score (nSPS) is 14.0. The van der Waals surface area contributed by atoms with Gasteiger partial charge in [0.25, 0.3) is 11.6 Å². The van der Waals surface area contributed by atoms with E-state index in [4.69, 9.17) is 9.47 Å². The third-order valence-electron chi connectivity index (χ3n) is 5.72. The number of nitro groups is 1. The molecule has 1 aliphatic heterocycles. The lowest BCUT2D eigenvalue weighted by Gasteiger charge is -2.17. The molecular weight excluding hydrogens is 470 g/mol. The van der Waals surface area contributed by atoms with Gasteiger partial charge in [-0.05, 0) is 73.9 Å². The summed E-state index contributed by atoms with van der Waals surface area (Å²) in [5.74, 6) is 0.900. The van der Waals surface area contributed by atoms with Crippen molar-refractivity contribution in [3.05, 3.63) is 112 Å². The summed E-state index contributed by atoms with van der Waals surface area (Å²) in [6.45, 7) is 8.18. The van der Waals surface area contributed by atoms with Crippen molar-refractivity contribution in [2.45, 2.75) is 26.9 Å². The van der Waals surface area contributed by atoms with Crippen LogP contribution in [0.15, 0.2) is 90.1 Å². The van der Waals surface area contributed by atoms with E-state index < -0.39 is 4.92 Å². The van der Waals surface area contributed by atoms with E-state index in [1.54, 1.807) is 24.3 Å². The molecule has 0 aromatic heterocycles. The lowest BCUT2D eigenvalue weighted by atomic mass is 10.0. The van der Waals surface area contributed by atoms with Gasteiger partial charge < -0.3 is 9.47 Å². The van der Waals surface area contributed by atoms with Crippen molar-refractivity contribution in [1.82, 2.24) is 0 Å². The minimum atomic E-state index is -0.437. The zero-order valence-electron chi connectivity index (χ0n) is 20.7. The van der Waals surface area contributed by atoms with Crippen LogP contribution >= 0.6 is 0 Å². The Morgan fingerprint density at radius 3 is 2.46 bits per heavy atom. The van der Waals surface area contributed by atoms with Crippen LogP contribution in [0.1, 0.15) is 30.5 Å². The molecular formula is C29H27N3O5. The van der Waals surface area contributed by atoms with Crippen molar-refractivity contribution >= 4 is 29.1 Å². The van der Waals surface area contributed by atoms with E-state index in [-0.39, 0.29) is 18.2 Å². The largest absolute Gasteiger partial charge is 0.490 e. The first-order valence-corrected chi connectivity index (χ1v) is 11.8. The van der Waals surface area contributed by atoms with Crippen LogP contribution in [-0.4, -0.2) is 23.1 Å². The predicted octanol–water partition coefficient (Wildman–Crippen LogP) is 6.11. The van der Waals surface area contributed by atoms with Gasteiger partial charge in [0.1, 0.15) is 6.61 Å². The van der Waals surface area contributed by atoms with Crippen LogP contribution < -0.4 is 14.5 Å². The molecule has 188 valence electrons. The number of allylic oxidation sites excluding steroid dienone is 1. The van der Waals surface area contributed by atoms with Gasteiger partial charge in [0.2, 0.25) is 0 Å². The molecule has 4 rings (SSSR count). The van der Waals surface area contributed by atoms with Gasteiger partial charge >= 0.3 is 0 Å². The fourth-order valence-corrected chi connectivity index (χ4v) is 3.97. The van der Waals surface area contributed by atoms with Gasteiger partial charge in [-0.15, -0.1) is 6.58 Å². The van der Waals surface area contributed by atoms with Crippen molar-refractivity contribution in [3.8, 4) is 11.5 Å². The minimum absolute atomic E-state index is 0.0228. The van der Waals surface area contributed by atoms with E-state index in [1.807, 2.05) is 56.3 Å². The van der Waals surface area contributed by atoms with E-state index >= 15 is 0 Å². The van der Waals surface area contributed by atoms with Crippen molar-refractivity contribution in [3.63, 3.8) is 0 Å². The summed E-state index contributed by atoms with van der Waals surface area (Å²) in [4.78, 5) is 23.7. The molecule has 0 spiro atoms. The van der Waals surface area contributed by atoms with Crippen LogP contribution in [0, 0.1) is 10.1 Å². The Kier molecular flexibility index (Phi) is 7.78. The van der Waals surface area contributed by atoms with Gasteiger partial charge in [0, 0.05) is 17.7 Å². The lowest BCUT2D eigenvalue weighted by Crippen LogP contribution is -2.21. The summed E-state index contributed by atoms with van der Waals surface area (Å²) >= 11 is 0. The fourth-order valence-electron chi connectivity index (χ4n) is 3.97. The molecule has 0 saturated carbocycles. The number of nitro benzene ring substituents is 1. The van der Waals surface area contributed by atoms with Crippen LogP contribution in [0.3, 0.4) is 0 Å². The van der Waals surface area contributed by atoms with Gasteiger partial charge in [-0.3, -0.25) is 14.9 Å². The standard InChI is InChI=1S/C29H27N3O5/c1-4-9-23-16-22(17-26-20(3)30-31(29(26)33)24-10-7-6-8-11-24)18-27(36-5-2)28(23)37-19-21-12-14-25(15-13-21)32(34)35/h4,6-8,10-18H,1,5,9,19H2,2-3H3/b26-17+. The van der Waals surface area contributed by atoms with Crippen molar-refractivity contribution < 1.29 is 19.2 Å². The first kappa shape index (κ1) is 25.4. The number of anilines is 1. The summed E-state index contributed by atoms with van der Waals surface area (Å²) in [5.41, 5.74) is 4.24. The van der Waals surface area contributed by atoms with Crippen molar-refractivity contribution in [2.75, 3.05) is 11.6 Å². The Hall–Kier alpha value is -4.72. The van der Waals surface area contributed by atoms with Gasteiger partial charge in [-0.25, -0.2) is 0 Å². The van der Waals surface area contributed by atoms with Crippen LogP contribution in [0.5, 0.6) is 11.5 Å². The highest BCUT2D eigenvalue weighted by Gasteiger charge is 2.28. The van der Waals surface area contributed by atoms with Gasteiger partial charge in [-0.1, -0.05) is 24.3 Å². The first-order valence-electron chi connectivity index (χ1n) is 11.8. The molecule has 3 aromatic carbocycles. The summed E-state index contributed by atoms with van der Waals surface area (Å²) in [6, 6.07) is 19.3. The Labute approximate surface area is 215 Å². The number of hydrogen-bond donors (Lipinski definition) is 0. The molecule has 0 N–H and O–H groups in total. The third-order valence-corrected chi connectivity index (χ3v) is 5.72. The highest BCUT2D eigenvalue weighted by molar-refractivity contribution is 6.32. The summed E-state index contributed by atoms with van der Waals surface area (Å²) in [5, 5.41) is 16.8. The summed E-state index contributed by atoms with van der Waals surface area (Å²) in [6.07, 6.45) is 4.09. The second kappa shape index (κ2) is 11.3. The maximum Gasteiger partial charge on any atom is 0.280 e. The Balaban J connectivity index is 1.65. The highest BCUT2D eigenvalue weighted by atomic mass is 16.6. The van der Waals surface area contributed by atoms with Crippen molar-refractivity contribution in [1.29, 1.82) is 0 Å². The number of rotatable bonds is 10. The van der Waals surface area contributed by atoms with Crippen LogP contribution in [0.2, 0.25) is 0 Å². The molecule has 0 aliphatic carbocycles. The van der Waals surface area contributed by atoms with Gasteiger partial charge in [0.15, 0.2) is 11.5 Å². The molecule has 1 heterocycles. The first-order chi connectivity index (χ1) is 17.9. The number of ether oxygens (including phenoxy) is 2. The van der Waals surface area contributed by atoms with Gasteiger partial charge in [0.05, 0.1) is 28.5 Å². The van der Waals surface area contributed by atoms with Crippen molar-refractivity contribution in [2.24, 2.45) is 5.10 Å². The molecule has 8 heteroatoms. The summed E-state index contributed by atoms with van der Waals surface area (Å²) in [7, 11) is 0. The predicted molar refractivity (Wildman–Crippen MR) is 144 cm³/mol. The third kappa shape index (κ3) is 5.75. The number of benzene rings is 3. The number of hydrazone groups is 1. The van der Waals surface area contributed by atoms with E-state index in [0.29, 0.717) is 41.5 Å². The zero-order chi connectivity index (χ0) is 26.4. The maximum absolute atomic E-state index is 13.2. The maximum atomic E-state index is 13.2. The molecule has 8 nitrogen and oxygen atoms in total. The molecule has 0 radical (unpaired) electrons. The summed E-state index contributed by atoms with van der Waals surface area (Å²) < 4.78 is 12.0. The second-order valence-corrected chi connectivity index (χ2v) is 8.34. The molecule has 0 saturated heterocycles. The molecule has 0 atom stereocenters. The smallest absolute Gasteiger partial charge is 0.280 e. The fraction of sp³-hybridized carbons (Fsp3) is 0.172. The number of para-hydroxylation sites is 1. The number of non-ortho nitro benzene ring substituents is 1. The minimum Gasteiger partial charge on any atom is -0.490 e. The van der Waals surface area contributed by atoms with E-state index in [0.717, 1.165) is 16.7 Å². The Bertz CT molecular complexity index is 1380. The number of nitrogens with zero attached hydrogens (tertiary/aromatic N) is 3. The van der Waals surface area contributed by atoms with Crippen LogP contribution in [0.25, 0.3) is 6.08 Å². The second-order valence-electron chi connectivity index (χ2n) is 8.34. The van der Waals surface area contributed by atoms with Gasteiger partial charge in [-0.2, -0.15) is 10.1 Å². The quantitative estimate of drug-likeness (QED) is 0.146. The lowest BCUT2D eigenvalue weighted by molar-refractivity contribution is -0.384. The van der Waals surface area contributed by atoms with E-state index in [2.05, 4.69) is 11.7 Å². The number of amides is 1. The molecule has 0 bridgehead atoms. The van der Waals surface area contributed by atoms with E-state index in [9.17, 15) is 14.9 Å². The molecule has 1 aliphatic rings. The van der Waals surface area contributed by atoms with Crippen LogP contribution in [0.4, 0.5) is 11.4 Å². The molecule has 0 unspecified atom stereocenters. The Morgan fingerprint density at radius 1 is 1.08 bits per heavy atom. The zero-order valence-corrected chi connectivity index (χ0v) is 20.7. The topological polar surface area (TPSA) is 94.3 Å². The highest BCUT2D eigenvalue weighted by Crippen LogP contribution is 2.36. The van der Waals surface area contributed by atoms with E-state index in [1.165, 1.54) is 17.1 Å². The Morgan fingerprint density at radius 2 is 1.81 bits per heavy atom. The molecule has 3 aromatic rings. The average Bonchev–Trinajstić information content (AvgIpc) is 3.17. The molecule has 37 heavy (non-hydrogen) atoms. The number of carbonyl (C=O) groups is 1. The number of carbonyl (C=O) groups excluding carboxylic acids is 1. The molecule has 0 fully saturated rings. The SMILES string of the molecule is C=CCc1cc(/C=C2/C(=O)N(c3ccccc3)N=C2C)cc(OCC)c1OCc1ccc([N+](=O)[O-])cc1. The molecule has 1 amide bonds. The monoisotopic (exact) mass is 497 g/mol.